The van der Waals surface area contributed by atoms with E-state index in [1.165, 1.54) is 0 Å². The van der Waals surface area contributed by atoms with E-state index in [4.69, 9.17) is 4.74 Å². The van der Waals surface area contributed by atoms with Crippen LogP contribution in [0.2, 0.25) is 0 Å². The topological polar surface area (TPSA) is 54.5 Å². The quantitative estimate of drug-likeness (QED) is 0.909. The van der Waals surface area contributed by atoms with Gasteiger partial charge in [-0.25, -0.2) is 0 Å². The highest BCUT2D eigenvalue weighted by Crippen LogP contribution is 2.32. The number of piperazine rings is 1. The summed E-state index contributed by atoms with van der Waals surface area (Å²) in [6, 6.07) is 4.20. The van der Waals surface area contributed by atoms with Gasteiger partial charge in [-0.15, -0.1) is 0 Å². The summed E-state index contributed by atoms with van der Waals surface area (Å²) in [7, 11) is 0. The Morgan fingerprint density at radius 2 is 2.38 bits per heavy atom. The van der Waals surface area contributed by atoms with Crippen LogP contribution in [0.1, 0.15) is 31.4 Å². The maximum atomic E-state index is 12.5. The molecule has 0 spiro atoms. The van der Waals surface area contributed by atoms with E-state index in [-0.39, 0.29) is 12.0 Å². The van der Waals surface area contributed by atoms with Gasteiger partial charge in [-0.1, -0.05) is 6.07 Å². The number of nitrogens with zero attached hydrogens (tertiary/aromatic N) is 2. The van der Waals surface area contributed by atoms with E-state index in [0.717, 1.165) is 44.6 Å². The van der Waals surface area contributed by atoms with Crippen molar-refractivity contribution in [3.8, 4) is 0 Å². The smallest absolute Gasteiger partial charge is 0.225 e. The fourth-order valence-electron chi connectivity index (χ4n) is 3.15. The van der Waals surface area contributed by atoms with Crippen LogP contribution in [0, 0.1) is 5.92 Å². The van der Waals surface area contributed by atoms with Crippen molar-refractivity contribution < 1.29 is 9.53 Å². The first-order valence-corrected chi connectivity index (χ1v) is 7.81. The summed E-state index contributed by atoms with van der Waals surface area (Å²) in [5.41, 5.74) is 1.15. The number of pyridine rings is 1. The lowest BCUT2D eigenvalue weighted by molar-refractivity contribution is -0.145. The number of aromatic nitrogens is 1. The number of amides is 1. The lowest BCUT2D eigenvalue weighted by Gasteiger charge is -2.40. The second-order valence-corrected chi connectivity index (χ2v) is 5.82. The Hall–Kier alpha value is -1.46. The highest BCUT2D eigenvalue weighted by molar-refractivity contribution is 5.80. The van der Waals surface area contributed by atoms with E-state index in [1.807, 2.05) is 24.1 Å². The Kier molecular flexibility index (Phi) is 4.51. The molecule has 5 heteroatoms. The second kappa shape index (κ2) is 6.54. The van der Waals surface area contributed by atoms with Gasteiger partial charge in [0, 0.05) is 44.6 Å². The summed E-state index contributed by atoms with van der Waals surface area (Å²) >= 11 is 0. The minimum Gasteiger partial charge on any atom is -0.378 e. The predicted octanol–water partition coefficient (Wildman–Crippen LogP) is 1.37. The summed E-state index contributed by atoms with van der Waals surface area (Å²) in [6.45, 7) is 5.12. The maximum Gasteiger partial charge on any atom is 0.225 e. The largest absolute Gasteiger partial charge is 0.378 e. The van der Waals surface area contributed by atoms with E-state index >= 15 is 0 Å². The number of carbonyl (C=O) groups excluding carboxylic acids is 1. The number of carbonyl (C=O) groups is 1. The molecule has 1 aliphatic carbocycles. The van der Waals surface area contributed by atoms with Crippen molar-refractivity contribution in [1.82, 2.24) is 15.2 Å². The van der Waals surface area contributed by atoms with Crippen molar-refractivity contribution in [3.05, 3.63) is 30.1 Å². The van der Waals surface area contributed by atoms with E-state index in [0.29, 0.717) is 12.0 Å². The number of hydrogen-bond acceptors (Lipinski definition) is 4. The predicted molar refractivity (Wildman–Crippen MR) is 79.7 cm³/mol. The minimum absolute atomic E-state index is 0.161. The van der Waals surface area contributed by atoms with Gasteiger partial charge in [-0.05, 0) is 31.4 Å². The standard InChI is InChI=1S/C16H23N3O2/c1-2-21-14-8-13(9-14)16(20)19-7-6-18-15(11-19)12-4-3-5-17-10-12/h3-5,10,13-15,18H,2,6-9,11H2,1H3. The fourth-order valence-corrected chi connectivity index (χ4v) is 3.15. The third-order valence-electron chi connectivity index (χ3n) is 4.42. The third-order valence-corrected chi connectivity index (χ3v) is 4.42. The normalized spacial score (nSPS) is 29.0. The fraction of sp³-hybridized carbons (Fsp3) is 0.625. The molecule has 1 atom stereocenters. The molecule has 1 saturated carbocycles. The van der Waals surface area contributed by atoms with Crippen LogP contribution in [-0.2, 0) is 9.53 Å². The molecule has 1 aromatic heterocycles. The zero-order valence-corrected chi connectivity index (χ0v) is 12.5. The van der Waals surface area contributed by atoms with Crippen molar-refractivity contribution in [1.29, 1.82) is 0 Å². The summed E-state index contributed by atoms with van der Waals surface area (Å²) in [5, 5.41) is 3.47. The number of rotatable bonds is 4. The number of nitrogens with one attached hydrogen (secondary N) is 1. The van der Waals surface area contributed by atoms with Crippen LogP contribution in [0.5, 0.6) is 0 Å². The molecule has 3 rings (SSSR count). The minimum atomic E-state index is 0.161. The Bertz CT molecular complexity index is 474. The molecule has 2 fully saturated rings. The van der Waals surface area contributed by atoms with Gasteiger partial charge in [-0.2, -0.15) is 0 Å². The Balaban J connectivity index is 1.55. The van der Waals surface area contributed by atoms with Crippen LogP contribution < -0.4 is 5.32 Å². The zero-order chi connectivity index (χ0) is 14.7. The molecule has 2 aliphatic rings. The average molecular weight is 289 g/mol. The SMILES string of the molecule is CCOC1CC(C(=O)N2CCNC(c3cccnc3)C2)C1. The monoisotopic (exact) mass is 289 g/mol. The van der Waals surface area contributed by atoms with Crippen LogP contribution in [0.3, 0.4) is 0 Å². The van der Waals surface area contributed by atoms with Crippen molar-refractivity contribution in [2.75, 3.05) is 26.2 Å². The van der Waals surface area contributed by atoms with E-state index in [2.05, 4.69) is 16.4 Å². The molecule has 1 saturated heterocycles. The summed E-state index contributed by atoms with van der Waals surface area (Å²) in [6.07, 6.45) is 5.71. The van der Waals surface area contributed by atoms with Crippen molar-refractivity contribution >= 4 is 5.91 Å². The molecule has 0 radical (unpaired) electrons. The Morgan fingerprint density at radius 1 is 1.52 bits per heavy atom. The van der Waals surface area contributed by atoms with Crippen LogP contribution in [0.15, 0.2) is 24.5 Å². The molecule has 1 aromatic rings. The van der Waals surface area contributed by atoms with Gasteiger partial charge in [0.25, 0.3) is 0 Å². The van der Waals surface area contributed by atoms with Crippen LogP contribution in [0.25, 0.3) is 0 Å². The number of hydrogen-bond donors (Lipinski definition) is 1. The lowest BCUT2D eigenvalue weighted by Crippen LogP contribution is -2.52. The van der Waals surface area contributed by atoms with Crippen LogP contribution >= 0.6 is 0 Å². The first-order chi connectivity index (χ1) is 10.3. The van der Waals surface area contributed by atoms with E-state index in [9.17, 15) is 4.79 Å². The molecule has 114 valence electrons. The average Bonchev–Trinajstić information content (AvgIpc) is 2.51. The molecular formula is C16H23N3O2. The molecule has 0 bridgehead atoms. The first kappa shape index (κ1) is 14.5. The molecule has 1 N–H and O–H groups in total. The molecular weight excluding hydrogens is 266 g/mol. The molecule has 5 nitrogen and oxygen atoms in total. The molecule has 1 amide bonds. The Morgan fingerprint density at radius 3 is 3.10 bits per heavy atom. The molecule has 1 unspecified atom stereocenters. The lowest BCUT2D eigenvalue weighted by atomic mass is 9.81. The molecule has 1 aliphatic heterocycles. The maximum absolute atomic E-state index is 12.5. The van der Waals surface area contributed by atoms with Gasteiger partial charge in [0.2, 0.25) is 5.91 Å². The van der Waals surface area contributed by atoms with Crippen molar-refractivity contribution in [3.63, 3.8) is 0 Å². The van der Waals surface area contributed by atoms with E-state index < -0.39 is 0 Å². The Labute approximate surface area is 125 Å². The van der Waals surface area contributed by atoms with Gasteiger partial charge in [0.1, 0.15) is 0 Å². The van der Waals surface area contributed by atoms with Gasteiger partial charge < -0.3 is 15.0 Å². The summed E-state index contributed by atoms with van der Waals surface area (Å²) < 4.78 is 5.54. The van der Waals surface area contributed by atoms with Gasteiger partial charge >= 0.3 is 0 Å². The third kappa shape index (κ3) is 3.24. The highest BCUT2D eigenvalue weighted by Gasteiger charge is 2.38. The summed E-state index contributed by atoms with van der Waals surface area (Å²) in [5.74, 6) is 0.454. The van der Waals surface area contributed by atoms with Gasteiger partial charge in [-0.3, -0.25) is 9.78 Å². The highest BCUT2D eigenvalue weighted by atomic mass is 16.5. The van der Waals surface area contributed by atoms with Crippen LogP contribution in [0.4, 0.5) is 0 Å². The van der Waals surface area contributed by atoms with Crippen molar-refractivity contribution in [2.24, 2.45) is 5.92 Å². The molecule has 2 heterocycles. The van der Waals surface area contributed by atoms with Crippen molar-refractivity contribution in [2.45, 2.75) is 31.9 Å². The zero-order valence-electron chi connectivity index (χ0n) is 12.5. The van der Waals surface area contributed by atoms with Gasteiger partial charge in [0.15, 0.2) is 0 Å². The van der Waals surface area contributed by atoms with E-state index in [1.54, 1.807) is 6.20 Å². The summed E-state index contributed by atoms with van der Waals surface area (Å²) in [4.78, 5) is 18.7. The van der Waals surface area contributed by atoms with Gasteiger partial charge in [0.05, 0.1) is 12.1 Å². The molecule has 21 heavy (non-hydrogen) atoms. The second-order valence-electron chi connectivity index (χ2n) is 5.82. The molecule has 0 aromatic carbocycles. The van der Waals surface area contributed by atoms with Crippen LogP contribution in [-0.4, -0.2) is 48.1 Å². The number of ether oxygens (including phenoxy) is 1. The first-order valence-electron chi connectivity index (χ1n) is 7.81.